The molecule has 2 rings (SSSR count). The van der Waals surface area contributed by atoms with Gasteiger partial charge in [0.05, 0.1) is 18.0 Å². The molecule has 2 aromatic rings. The van der Waals surface area contributed by atoms with Gasteiger partial charge in [0, 0.05) is 0 Å². The standard InChI is InChI=1S/C22H30N2O3S/c1-16(2)14-21(19-11-7-6-8-12-19)23-22(25)18(4)24(28(5,26)27)20-13-9-10-17(3)15-20/h6-13,15-16,18,21H,14H2,1-5H3,(H,23,25)/t18-,21-/m1/s1. The third-order valence-corrected chi connectivity index (χ3v) is 5.81. The van der Waals surface area contributed by atoms with Gasteiger partial charge in [0.1, 0.15) is 6.04 Å². The highest BCUT2D eigenvalue weighted by molar-refractivity contribution is 7.92. The van der Waals surface area contributed by atoms with Crippen LogP contribution in [0, 0.1) is 12.8 Å². The van der Waals surface area contributed by atoms with Gasteiger partial charge in [-0.2, -0.15) is 0 Å². The van der Waals surface area contributed by atoms with Crippen molar-refractivity contribution in [1.82, 2.24) is 5.32 Å². The second-order valence-electron chi connectivity index (χ2n) is 7.68. The largest absolute Gasteiger partial charge is 0.347 e. The van der Waals surface area contributed by atoms with E-state index >= 15 is 0 Å². The Morgan fingerprint density at radius 2 is 1.68 bits per heavy atom. The molecular formula is C22H30N2O3S. The zero-order valence-electron chi connectivity index (χ0n) is 17.2. The van der Waals surface area contributed by atoms with Crippen LogP contribution >= 0.6 is 0 Å². The van der Waals surface area contributed by atoms with Crippen LogP contribution in [0.15, 0.2) is 54.6 Å². The van der Waals surface area contributed by atoms with Gasteiger partial charge in [0.2, 0.25) is 15.9 Å². The second-order valence-corrected chi connectivity index (χ2v) is 9.53. The number of nitrogens with one attached hydrogen (secondary N) is 1. The van der Waals surface area contributed by atoms with Crippen LogP contribution in [0.2, 0.25) is 0 Å². The summed E-state index contributed by atoms with van der Waals surface area (Å²) in [6.45, 7) is 7.71. The highest BCUT2D eigenvalue weighted by Gasteiger charge is 2.30. The van der Waals surface area contributed by atoms with Crippen LogP contribution < -0.4 is 9.62 Å². The van der Waals surface area contributed by atoms with Crippen molar-refractivity contribution in [3.63, 3.8) is 0 Å². The first kappa shape index (κ1) is 22.0. The average molecular weight is 403 g/mol. The van der Waals surface area contributed by atoms with Gasteiger partial charge in [-0.05, 0) is 49.4 Å². The minimum Gasteiger partial charge on any atom is -0.347 e. The van der Waals surface area contributed by atoms with Crippen LogP contribution in [-0.2, 0) is 14.8 Å². The highest BCUT2D eigenvalue weighted by Crippen LogP contribution is 2.24. The quantitative estimate of drug-likeness (QED) is 0.724. The molecule has 0 bridgehead atoms. The van der Waals surface area contributed by atoms with Gasteiger partial charge in [0.25, 0.3) is 0 Å². The van der Waals surface area contributed by atoms with Gasteiger partial charge in [-0.25, -0.2) is 8.42 Å². The van der Waals surface area contributed by atoms with Crippen molar-refractivity contribution in [2.45, 2.75) is 46.2 Å². The molecule has 0 unspecified atom stereocenters. The molecule has 5 nitrogen and oxygen atoms in total. The Hall–Kier alpha value is -2.34. The van der Waals surface area contributed by atoms with Crippen molar-refractivity contribution in [3.05, 3.63) is 65.7 Å². The van der Waals surface area contributed by atoms with Crippen molar-refractivity contribution in [3.8, 4) is 0 Å². The molecule has 0 aliphatic heterocycles. The van der Waals surface area contributed by atoms with Crippen LogP contribution in [-0.4, -0.2) is 26.6 Å². The monoisotopic (exact) mass is 402 g/mol. The SMILES string of the molecule is Cc1cccc(N([C@H](C)C(=O)N[C@H](CC(C)C)c2ccccc2)S(C)(=O)=O)c1. The van der Waals surface area contributed by atoms with E-state index in [1.54, 1.807) is 25.1 Å². The van der Waals surface area contributed by atoms with Gasteiger partial charge in [0.15, 0.2) is 0 Å². The molecule has 0 aliphatic rings. The Kier molecular flexibility index (Phi) is 7.24. The smallest absolute Gasteiger partial charge is 0.244 e. The van der Waals surface area contributed by atoms with Crippen molar-refractivity contribution in [2.75, 3.05) is 10.6 Å². The van der Waals surface area contributed by atoms with Gasteiger partial charge in [-0.3, -0.25) is 9.10 Å². The molecule has 0 spiro atoms. The maximum Gasteiger partial charge on any atom is 0.244 e. The van der Waals surface area contributed by atoms with Gasteiger partial charge < -0.3 is 5.32 Å². The van der Waals surface area contributed by atoms with Gasteiger partial charge in [-0.1, -0.05) is 56.3 Å². The Bertz CT molecular complexity index is 895. The van der Waals surface area contributed by atoms with E-state index in [1.807, 2.05) is 43.3 Å². The normalized spacial score (nSPS) is 13.8. The number of benzene rings is 2. The van der Waals surface area contributed by atoms with Gasteiger partial charge >= 0.3 is 0 Å². The summed E-state index contributed by atoms with van der Waals surface area (Å²) in [6.07, 6.45) is 1.90. The van der Waals surface area contributed by atoms with E-state index in [0.717, 1.165) is 23.8 Å². The van der Waals surface area contributed by atoms with E-state index in [9.17, 15) is 13.2 Å². The molecule has 0 aliphatic carbocycles. The van der Waals surface area contributed by atoms with E-state index in [-0.39, 0.29) is 11.9 Å². The molecule has 28 heavy (non-hydrogen) atoms. The van der Waals surface area contributed by atoms with Crippen molar-refractivity contribution in [1.29, 1.82) is 0 Å². The first-order chi connectivity index (χ1) is 13.1. The Morgan fingerprint density at radius 1 is 1.04 bits per heavy atom. The fraction of sp³-hybridized carbons (Fsp3) is 0.409. The van der Waals surface area contributed by atoms with E-state index in [0.29, 0.717) is 11.6 Å². The van der Waals surface area contributed by atoms with Crippen LogP contribution in [0.5, 0.6) is 0 Å². The summed E-state index contributed by atoms with van der Waals surface area (Å²) in [5.41, 5.74) is 2.43. The zero-order chi connectivity index (χ0) is 20.9. The summed E-state index contributed by atoms with van der Waals surface area (Å²) in [5, 5.41) is 3.06. The number of sulfonamides is 1. The average Bonchev–Trinajstić information content (AvgIpc) is 2.60. The number of amides is 1. The first-order valence-electron chi connectivity index (χ1n) is 9.51. The summed E-state index contributed by atoms with van der Waals surface area (Å²) < 4.78 is 26.1. The first-order valence-corrected chi connectivity index (χ1v) is 11.4. The van der Waals surface area contributed by atoms with Crippen LogP contribution in [0.4, 0.5) is 5.69 Å². The Balaban J connectivity index is 2.30. The Labute approximate surface area is 168 Å². The molecule has 0 saturated heterocycles. The molecule has 2 aromatic carbocycles. The van der Waals surface area contributed by atoms with Crippen molar-refractivity contribution in [2.24, 2.45) is 5.92 Å². The number of aryl methyl sites for hydroxylation is 1. The molecule has 0 radical (unpaired) electrons. The number of carbonyl (C=O) groups is 1. The lowest BCUT2D eigenvalue weighted by atomic mass is 9.96. The summed E-state index contributed by atoms with van der Waals surface area (Å²) in [7, 11) is -3.63. The molecule has 1 amide bonds. The maximum absolute atomic E-state index is 13.0. The molecule has 152 valence electrons. The fourth-order valence-electron chi connectivity index (χ4n) is 3.30. The zero-order valence-corrected chi connectivity index (χ0v) is 18.0. The van der Waals surface area contributed by atoms with Crippen molar-refractivity contribution >= 4 is 21.6 Å². The lowest BCUT2D eigenvalue weighted by molar-refractivity contribution is -0.122. The fourth-order valence-corrected chi connectivity index (χ4v) is 4.47. The number of anilines is 1. The molecule has 0 aromatic heterocycles. The molecule has 0 saturated carbocycles. The lowest BCUT2D eigenvalue weighted by Gasteiger charge is -2.30. The number of carbonyl (C=O) groups excluding carboxylic acids is 1. The minimum absolute atomic E-state index is 0.171. The number of hydrogen-bond donors (Lipinski definition) is 1. The summed E-state index contributed by atoms with van der Waals surface area (Å²) in [5.74, 6) is 0.0602. The maximum atomic E-state index is 13.0. The van der Waals surface area contributed by atoms with Crippen LogP contribution in [0.3, 0.4) is 0 Å². The van der Waals surface area contributed by atoms with E-state index < -0.39 is 16.1 Å². The third kappa shape index (κ3) is 5.83. The minimum atomic E-state index is -3.63. The van der Waals surface area contributed by atoms with E-state index in [4.69, 9.17) is 0 Å². The Morgan fingerprint density at radius 3 is 2.21 bits per heavy atom. The molecule has 6 heteroatoms. The van der Waals surface area contributed by atoms with Crippen molar-refractivity contribution < 1.29 is 13.2 Å². The number of nitrogens with zero attached hydrogens (tertiary/aromatic N) is 1. The van der Waals surface area contributed by atoms with Gasteiger partial charge in [-0.15, -0.1) is 0 Å². The molecular weight excluding hydrogens is 372 g/mol. The predicted octanol–water partition coefficient (Wildman–Crippen LogP) is 4.05. The topological polar surface area (TPSA) is 66.5 Å². The molecule has 0 fully saturated rings. The molecule has 2 atom stereocenters. The summed E-state index contributed by atoms with van der Waals surface area (Å²) >= 11 is 0. The van der Waals surface area contributed by atoms with Crippen LogP contribution in [0.1, 0.15) is 44.4 Å². The lowest BCUT2D eigenvalue weighted by Crippen LogP contribution is -2.48. The molecule has 0 heterocycles. The van der Waals surface area contributed by atoms with E-state index in [2.05, 4.69) is 19.2 Å². The highest BCUT2D eigenvalue weighted by atomic mass is 32.2. The summed E-state index contributed by atoms with van der Waals surface area (Å²) in [4.78, 5) is 13.0. The number of hydrogen-bond acceptors (Lipinski definition) is 3. The second kappa shape index (κ2) is 9.24. The number of rotatable bonds is 8. The molecule has 1 N–H and O–H groups in total. The van der Waals surface area contributed by atoms with Crippen LogP contribution in [0.25, 0.3) is 0 Å². The third-order valence-electron chi connectivity index (χ3n) is 4.57. The van der Waals surface area contributed by atoms with E-state index in [1.165, 1.54) is 4.31 Å². The predicted molar refractivity (Wildman–Crippen MR) is 115 cm³/mol. The summed E-state index contributed by atoms with van der Waals surface area (Å²) in [6, 6.07) is 15.9.